The van der Waals surface area contributed by atoms with Crippen molar-refractivity contribution in [3.8, 4) is 11.1 Å². The summed E-state index contributed by atoms with van der Waals surface area (Å²) in [7, 11) is 0. The Kier molecular flexibility index (Phi) is 6.82. The van der Waals surface area contributed by atoms with Crippen LogP contribution in [0.4, 0.5) is 5.69 Å². The van der Waals surface area contributed by atoms with E-state index >= 15 is 0 Å². The van der Waals surface area contributed by atoms with Crippen LogP contribution in [0.3, 0.4) is 0 Å². The first-order valence-corrected chi connectivity index (χ1v) is 9.97. The van der Waals surface area contributed by atoms with Gasteiger partial charge in [0, 0.05) is 24.7 Å². The first-order valence-electron chi connectivity index (χ1n) is 9.97. The molecule has 1 heterocycles. The molecule has 0 aliphatic carbocycles. The number of amides is 1. The molecule has 148 valence electrons. The topological polar surface area (TPSA) is 69.6 Å². The Morgan fingerprint density at radius 3 is 2.61 bits per heavy atom. The second-order valence-electron chi connectivity index (χ2n) is 7.46. The number of rotatable bonds is 8. The van der Waals surface area contributed by atoms with E-state index in [4.69, 9.17) is 5.11 Å². The van der Waals surface area contributed by atoms with Crippen molar-refractivity contribution in [1.29, 1.82) is 0 Å². The van der Waals surface area contributed by atoms with E-state index in [2.05, 4.69) is 29.3 Å². The predicted octanol–water partition coefficient (Wildman–Crippen LogP) is 4.18. The number of carboxylic acids is 1. The van der Waals surface area contributed by atoms with E-state index in [0.29, 0.717) is 6.04 Å². The maximum Gasteiger partial charge on any atom is 0.303 e. The van der Waals surface area contributed by atoms with Crippen molar-refractivity contribution in [3.05, 3.63) is 54.1 Å². The van der Waals surface area contributed by atoms with Gasteiger partial charge in [0.2, 0.25) is 5.91 Å². The lowest BCUT2D eigenvalue weighted by Crippen LogP contribution is -2.29. The summed E-state index contributed by atoms with van der Waals surface area (Å²) in [4.78, 5) is 25.2. The minimum atomic E-state index is -0.963. The lowest BCUT2D eigenvalue weighted by atomic mass is 9.96. The average Bonchev–Trinajstić information content (AvgIpc) is 3.10. The van der Waals surface area contributed by atoms with Crippen LogP contribution in [0.2, 0.25) is 0 Å². The molecule has 0 spiro atoms. The second-order valence-corrected chi connectivity index (χ2v) is 7.46. The highest BCUT2D eigenvalue weighted by molar-refractivity contribution is 5.92. The van der Waals surface area contributed by atoms with E-state index in [-0.39, 0.29) is 18.7 Å². The summed E-state index contributed by atoms with van der Waals surface area (Å²) in [6.45, 7) is 4.43. The standard InChI is InChI=1S/C23H28N2O3/c1-17-6-5-14-25(17)15-13-19-16-20(24-22(26)11-12-23(27)28)9-10-21(19)18-7-3-2-4-8-18/h2-4,7-10,16-17H,5-6,11-15H2,1H3,(H,24,26)(H,27,28)/t17-/m1/s1. The third kappa shape index (κ3) is 5.42. The molecule has 2 aromatic carbocycles. The maximum atomic E-state index is 12.0. The Morgan fingerprint density at radius 1 is 1.14 bits per heavy atom. The molecule has 1 fully saturated rings. The molecule has 5 heteroatoms. The Balaban J connectivity index is 1.78. The van der Waals surface area contributed by atoms with Gasteiger partial charge in [-0.2, -0.15) is 0 Å². The van der Waals surface area contributed by atoms with E-state index in [1.54, 1.807) is 0 Å². The largest absolute Gasteiger partial charge is 0.481 e. The number of aliphatic carboxylic acids is 1. The molecule has 1 amide bonds. The van der Waals surface area contributed by atoms with Gasteiger partial charge < -0.3 is 15.3 Å². The number of hydrogen-bond donors (Lipinski definition) is 2. The van der Waals surface area contributed by atoms with Crippen LogP contribution in [-0.4, -0.2) is 41.0 Å². The summed E-state index contributed by atoms with van der Waals surface area (Å²) < 4.78 is 0. The maximum absolute atomic E-state index is 12.0. The van der Waals surface area contributed by atoms with E-state index in [1.165, 1.54) is 24.0 Å². The van der Waals surface area contributed by atoms with Gasteiger partial charge in [0.05, 0.1) is 6.42 Å². The lowest BCUT2D eigenvalue weighted by Gasteiger charge is -2.22. The van der Waals surface area contributed by atoms with Gasteiger partial charge in [0.1, 0.15) is 0 Å². The molecule has 0 bridgehead atoms. The number of hydrogen-bond acceptors (Lipinski definition) is 3. The average molecular weight is 380 g/mol. The van der Waals surface area contributed by atoms with Crippen LogP contribution in [0, 0.1) is 0 Å². The first-order chi connectivity index (χ1) is 13.5. The minimum Gasteiger partial charge on any atom is -0.481 e. The van der Waals surface area contributed by atoms with Crippen LogP contribution in [0.1, 0.15) is 38.2 Å². The molecule has 5 nitrogen and oxygen atoms in total. The summed E-state index contributed by atoms with van der Waals surface area (Å²) in [5.41, 5.74) is 4.26. The smallest absolute Gasteiger partial charge is 0.303 e. The Labute approximate surface area is 166 Å². The van der Waals surface area contributed by atoms with E-state index in [1.807, 2.05) is 36.4 Å². The van der Waals surface area contributed by atoms with E-state index < -0.39 is 5.97 Å². The predicted molar refractivity (Wildman–Crippen MR) is 111 cm³/mol. The molecule has 0 saturated carbocycles. The number of anilines is 1. The number of nitrogens with zero attached hydrogens (tertiary/aromatic N) is 1. The van der Waals surface area contributed by atoms with Gasteiger partial charge in [0.15, 0.2) is 0 Å². The normalized spacial score (nSPS) is 16.8. The summed E-state index contributed by atoms with van der Waals surface area (Å²) >= 11 is 0. The highest BCUT2D eigenvalue weighted by atomic mass is 16.4. The quantitative estimate of drug-likeness (QED) is 0.721. The zero-order chi connectivity index (χ0) is 19.9. The monoisotopic (exact) mass is 380 g/mol. The summed E-state index contributed by atoms with van der Waals surface area (Å²) in [6, 6.07) is 16.9. The number of carbonyl (C=O) groups excluding carboxylic acids is 1. The molecular weight excluding hydrogens is 352 g/mol. The highest BCUT2D eigenvalue weighted by Gasteiger charge is 2.20. The van der Waals surface area contributed by atoms with Crippen LogP contribution < -0.4 is 5.32 Å². The number of carboxylic acid groups (broad SMARTS) is 1. The van der Waals surface area contributed by atoms with Crippen molar-refractivity contribution < 1.29 is 14.7 Å². The van der Waals surface area contributed by atoms with Gasteiger partial charge in [-0.1, -0.05) is 36.4 Å². The van der Waals surface area contributed by atoms with Gasteiger partial charge in [-0.3, -0.25) is 9.59 Å². The fourth-order valence-corrected chi connectivity index (χ4v) is 3.81. The third-order valence-corrected chi connectivity index (χ3v) is 5.40. The van der Waals surface area contributed by atoms with Crippen molar-refractivity contribution in [2.45, 2.75) is 45.1 Å². The van der Waals surface area contributed by atoms with Crippen molar-refractivity contribution in [3.63, 3.8) is 0 Å². The molecule has 1 aliphatic heterocycles. The number of likely N-dealkylation sites (tertiary alicyclic amines) is 1. The first kappa shape index (κ1) is 20.1. The van der Waals surface area contributed by atoms with Gasteiger partial charge in [-0.15, -0.1) is 0 Å². The Bertz CT molecular complexity index is 820. The fourth-order valence-electron chi connectivity index (χ4n) is 3.81. The molecule has 2 aromatic rings. The zero-order valence-electron chi connectivity index (χ0n) is 16.4. The molecule has 1 atom stereocenters. The van der Waals surface area contributed by atoms with E-state index in [9.17, 15) is 9.59 Å². The zero-order valence-corrected chi connectivity index (χ0v) is 16.4. The van der Waals surface area contributed by atoms with Gasteiger partial charge in [0.25, 0.3) is 0 Å². The number of carbonyl (C=O) groups is 2. The van der Waals surface area contributed by atoms with Crippen LogP contribution in [0.5, 0.6) is 0 Å². The van der Waals surface area contributed by atoms with Crippen molar-refractivity contribution >= 4 is 17.6 Å². The second kappa shape index (κ2) is 9.51. The number of nitrogens with one attached hydrogen (secondary N) is 1. The van der Waals surface area contributed by atoms with Gasteiger partial charge in [-0.05, 0) is 61.6 Å². The summed E-state index contributed by atoms with van der Waals surface area (Å²) in [5, 5.41) is 11.6. The van der Waals surface area contributed by atoms with Crippen LogP contribution in [-0.2, 0) is 16.0 Å². The van der Waals surface area contributed by atoms with E-state index in [0.717, 1.165) is 30.8 Å². The molecule has 0 aromatic heterocycles. The highest BCUT2D eigenvalue weighted by Crippen LogP contribution is 2.28. The lowest BCUT2D eigenvalue weighted by molar-refractivity contribution is -0.138. The molecule has 2 N–H and O–H groups in total. The molecule has 1 aliphatic rings. The van der Waals surface area contributed by atoms with Crippen molar-refractivity contribution in [2.75, 3.05) is 18.4 Å². The molecule has 0 radical (unpaired) electrons. The van der Waals surface area contributed by atoms with Crippen LogP contribution in [0.25, 0.3) is 11.1 Å². The summed E-state index contributed by atoms with van der Waals surface area (Å²) in [5.74, 6) is -1.23. The van der Waals surface area contributed by atoms with Crippen LogP contribution >= 0.6 is 0 Å². The summed E-state index contributed by atoms with van der Waals surface area (Å²) in [6.07, 6.45) is 3.25. The Hall–Kier alpha value is -2.66. The van der Waals surface area contributed by atoms with Crippen molar-refractivity contribution in [2.24, 2.45) is 0 Å². The molecule has 1 saturated heterocycles. The molecule has 3 rings (SSSR count). The van der Waals surface area contributed by atoms with Gasteiger partial charge >= 0.3 is 5.97 Å². The third-order valence-electron chi connectivity index (χ3n) is 5.40. The molecule has 0 unspecified atom stereocenters. The fraction of sp³-hybridized carbons (Fsp3) is 0.391. The Morgan fingerprint density at radius 2 is 1.93 bits per heavy atom. The van der Waals surface area contributed by atoms with Crippen LogP contribution in [0.15, 0.2) is 48.5 Å². The number of benzene rings is 2. The van der Waals surface area contributed by atoms with Gasteiger partial charge in [-0.25, -0.2) is 0 Å². The molecular formula is C23H28N2O3. The SMILES string of the molecule is C[C@@H]1CCCN1CCc1cc(NC(=O)CCC(=O)O)ccc1-c1ccccc1. The molecule has 28 heavy (non-hydrogen) atoms. The van der Waals surface area contributed by atoms with Crippen molar-refractivity contribution in [1.82, 2.24) is 4.90 Å². The minimum absolute atomic E-state index is 0.0175.